The normalized spacial score (nSPS) is 11.1. The van der Waals surface area contributed by atoms with E-state index in [4.69, 9.17) is 0 Å². The summed E-state index contributed by atoms with van der Waals surface area (Å²) in [6, 6.07) is 5.10. The summed E-state index contributed by atoms with van der Waals surface area (Å²) >= 11 is 0. The van der Waals surface area contributed by atoms with E-state index in [1.807, 2.05) is 6.92 Å². The van der Waals surface area contributed by atoms with Gasteiger partial charge in [0.15, 0.2) is 0 Å². The van der Waals surface area contributed by atoms with Gasteiger partial charge in [0.05, 0.1) is 5.75 Å². The zero-order valence-electron chi connectivity index (χ0n) is 11.1. The molecule has 0 fully saturated rings. The van der Waals surface area contributed by atoms with Crippen LogP contribution in [-0.2, 0) is 9.84 Å². The number of rotatable bonds is 7. The van der Waals surface area contributed by atoms with Crippen LogP contribution in [0.25, 0.3) is 0 Å². The van der Waals surface area contributed by atoms with E-state index < -0.39 is 9.84 Å². The van der Waals surface area contributed by atoms with Gasteiger partial charge in [-0.25, -0.2) is 13.4 Å². The van der Waals surface area contributed by atoms with Crippen molar-refractivity contribution in [3.63, 3.8) is 0 Å². The number of pyridine rings is 1. The first-order valence-electron chi connectivity index (χ1n) is 6.09. The van der Waals surface area contributed by atoms with Gasteiger partial charge in [-0.05, 0) is 18.6 Å². The van der Waals surface area contributed by atoms with Gasteiger partial charge in [-0.2, -0.15) is 0 Å². The molecular weight excluding hydrogens is 266 g/mol. The zero-order chi connectivity index (χ0) is 14.3. The first kappa shape index (κ1) is 15.4. The molecule has 0 atom stereocenters. The molecule has 0 saturated carbocycles. The number of carbonyl (C=O) groups is 1. The predicted octanol–water partition coefficient (Wildman–Crippen LogP) is 0.678. The van der Waals surface area contributed by atoms with Gasteiger partial charge in [-0.1, -0.05) is 13.0 Å². The Hall–Kier alpha value is -1.63. The number of sulfone groups is 1. The van der Waals surface area contributed by atoms with Gasteiger partial charge >= 0.3 is 0 Å². The number of nitrogens with one attached hydrogen (secondary N) is 2. The Morgan fingerprint density at radius 3 is 2.68 bits per heavy atom. The first-order valence-corrected chi connectivity index (χ1v) is 8.15. The average Bonchev–Trinajstić information content (AvgIpc) is 2.35. The first-order chi connectivity index (χ1) is 8.92. The van der Waals surface area contributed by atoms with Crippen LogP contribution in [0.4, 0.5) is 5.82 Å². The lowest BCUT2D eigenvalue weighted by Crippen LogP contribution is -2.29. The van der Waals surface area contributed by atoms with E-state index >= 15 is 0 Å². The number of amides is 1. The van der Waals surface area contributed by atoms with Crippen LogP contribution in [-0.4, -0.2) is 44.4 Å². The van der Waals surface area contributed by atoms with Crippen molar-refractivity contribution >= 4 is 21.6 Å². The maximum Gasteiger partial charge on any atom is 0.269 e. The molecule has 106 valence electrons. The third-order valence-electron chi connectivity index (χ3n) is 2.30. The molecule has 0 aliphatic heterocycles. The largest absolute Gasteiger partial charge is 0.370 e. The van der Waals surface area contributed by atoms with E-state index in [2.05, 4.69) is 15.6 Å². The van der Waals surface area contributed by atoms with Crippen molar-refractivity contribution < 1.29 is 13.2 Å². The van der Waals surface area contributed by atoms with Crippen molar-refractivity contribution in [3.8, 4) is 0 Å². The predicted molar refractivity (Wildman–Crippen MR) is 75.1 cm³/mol. The number of anilines is 1. The van der Waals surface area contributed by atoms with Crippen molar-refractivity contribution in [2.45, 2.75) is 13.3 Å². The number of hydrogen-bond donors (Lipinski definition) is 2. The van der Waals surface area contributed by atoms with Crippen LogP contribution in [0.2, 0.25) is 0 Å². The highest BCUT2D eigenvalue weighted by molar-refractivity contribution is 7.90. The molecule has 7 heteroatoms. The minimum Gasteiger partial charge on any atom is -0.370 e. The van der Waals surface area contributed by atoms with E-state index in [9.17, 15) is 13.2 Å². The van der Waals surface area contributed by atoms with Crippen molar-refractivity contribution in [2.24, 2.45) is 0 Å². The summed E-state index contributed by atoms with van der Waals surface area (Å²) in [4.78, 5) is 15.9. The molecule has 1 aromatic rings. The minimum atomic E-state index is -3.07. The lowest BCUT2D eigenvalue weighted by atomic mass is 10.3. The molecule has 1 amide bonds. The lowest BCUT2D eigenvalue weighted by molar-refractivity contribution is 0.0951. The van der Waals surface area contributed by atoms with E-state index in [-0.39, 0.29) is 23.9 Å². The molecule has 0 aliphatic rings. The molecule has 6 nitrogen and oxygen atoms in total. The lowest BCUT2D eigenvalue weighted by Gasteiger charge is -2.07. The fraction of sp³-hybridized carbons (Fsp3) is 0.500. The Bertz CT molecular complexity index is 529. The highest BCUT2D eigenvalue weighted by atomic mass is 32.2. The van der Waals surface area contributed by atoms with Gasteiger partial charge in [-0.15, -0.1) is 0 Å². The molecule has 0 aliphatic carbocycles. The second kappa shape index (κ2) is 7.08. The molecule has 19 heavy (non-hydrogen) atoms. The van der Waals surface area contributed by atoms with Crippen LogP contribution >= 0.6 is 0 Å². The summed E-state index contributed by atoms with van der Waals surface area (Å²) in [6.07, 6.45) is 2.10. The second-order valence-electron chi connectivity index (χ2n) is 4.22. The van der Waals surface area contributed by atoms with E-state index in [1.54, 1.807) is 18.2 Å². The smallest absolute Gasteiger partial charge is 0.269 e. The van der Waals surface area contributed by atoms with E-state index in [0.29, 0.717) is 5.82 Å². The molecule has 1 heterocycles. The third-order valence-corrected chi connectivity index (χ3v) is 3.24. The summed E-state index contributed by atoms with van der Waals surface area (Å²) in [6.45, 7) is 2.91. The molecule has 1 rings (SSSR count). The Balaban J connectivity index is 2.56. The van der Waals surface area contributed by atoms with E-state index in [1.165, 1.54) is 0 Å². The Kier molecular flexibility index (Phi) is 5.75. The van der Waals surface area contributed by atoms with Crippen molar-refractivity contribution in [1.29, 1.82) is 0 Å². The quantitative estimate of drug-likeness (QED) is 0.769. The van der Waals surface area contributed by atoms with E-state index in [0.717, 1.165) is 19.2 Å². The van der Waals surface area contributed by atoms with Crippen LogP contribution in [0.15, 0.2) is 18.2 Å². The summed E-state index contributed by atoms with van der Waals surface area (Å²) in [5, 5.41) is 5.61. The van der Waals surface area contributed by atoms with Crippen molar-refractivity contribution in [2.75, 3.05) is 30.4 Å². The summed E-state index contributed by atoms with van der Waals surface area (Å²) < 4.78 is 21.9. The van der Waals surface area contributed by atoms with Crippen LogP contribution in [0.3, 0.4) is 0 Å². The maximum absolute atomic E-state index is 11.8. The fourth-order valence-corrected chi connectivity index (χ4v) is 1.83. The van der Waals surface area contributed by atoms with Gasteiger partial charge in [0.1, 0.15) is 21.3 Å². The van der Waals surface area contributed by atoms with Crippen LogP contribution < -0.4 is 10.6 Å². The topological polar surface area (TPSA) is 88.2 Å². The Morgan fingerprint density at radius 1 is 1.32 bits per heavy atom. The monoisotopic (exact) mass is 285 g/mol. The second-order valence-corrected chi connectivity index (χ2v) is 6.48. The molecule has 1 aromatic heterocycles. The highest BCUT2D eigenvalue weighted by Crippen LogP contribution is 2.04. The van der Waals surface area contributed by atoms with Gasteiger partial charge in [0.2, 0.25) is 0 Å². The summed E-state index contributed by atoms with van der Waals surface area (Å²) in [5.41, 5.74) is 0.273. The molecule has 0 unspecified atom stereocenters. The zero-order valence-corrected chi connectivity index (χ0v) is 12.0. The summed E-state index contributed by atoms with van der Waals surface area (Å²) in [7, 11) is -3.07. The van der Waals surface area contributed by atoms with Crippen LogP contribution in [0.1, 0.15) is 23.8 Å². The Morgan fingerprint density at radius 2 is 2.05 bits per heavy atom. The Labute approximate surface area is 113 Å². The molecular formula is C12H19N3O3S. The fourth-order valence-electron chi connectivity index (χ4n) is 1.35. The van der Waals surface area contributed by atoms with Crippen LogP contribution in [0, 0.1) is 0 Å². The summed E-state index contributed by atoms with van der Waals surface area (Å²) in [5.74, 6) is 0.188. The van der Waals surface area contributed by atoms with Crippen molar-refractivity contribution in [3.05, 3.63) is 23.9 Å². The average molecular weight is 285 g/mol. The van der Waals surface area contributed by atoms with Gasteiger partial charge in [0, 0.05) is 19.3 Å². The molecule has 2 N–H and O–H groups in total. The number of nitrogens with zero attached hydrogens (tertiary/aromatic N) is 1. The number of aromatic nitrogens is 1. The standard InChI is InChI=1S/C12H19N3O3S/c1-3-7-13-11-6-4-5-10(15-11)12(16)14-8-9-19(2,17)18/h4-6H,3,7-9H2,1-2H3,(H,13,15)(H,14,16). The third kappa shape index (κ3) is 6.19. The molecule has 0 aromatic carbocycles. The van der Waals surface area contributed by atoms with Crippen molar-refractivity contribution in [1.82, 2.24) is 10.3 Å². The van der Waals surface area contributed by atoms with Gasteiger partial charge in [-0.3, -0.25) is 4.79 Å². The molecule has 0 spiro atoms. The van der Waals surface area contributed by atoms with Crippen LogP contribution in [0.5, 0.6) is 0 Å². The highest BCUT2D eigenvalue weighted by Gasteiger charge is 2.09. The SMILES string of the molecule is CCCNc1cccc(C(=O)NCCS(C)(=O)=O)n1. The van der Waals surface area contributed by atoms with Gasteiger partial charge < -0.3 is 10.6 Å². The molecule has 0 saturated heterocycles. The maximum atomic E-state index is 11.8. The number of carbonyl (C=O) groups excluding carboxylic acids is 1. The van der Waals surface area contributed by atoms with Gasteiger partial charge in [0.25, 0.3) is 5.91 Å². The minimum absolute atomic E-state index is 0.0769. The molecule has 0 bridgehead atoms. The number of hydrogen-bond acceptors (Lipinski definition) is 5. The molecule has 0 radical (unpaired) electrons.